The number of anilines is 1. The van der Waals surface area contributed by atoms with Crippen LogP contribution in [-0.4, -0.2) is 32.0 Å². The molecule has 0 spiro atoms. The smallest absolute Gasteiger partial charge is 0.223 e. The second-order valence-electron chi connectivity index (χ2n) is 4.94. The molecule has 1 N–H and O–H groups in total. The first kappa shape index (κ1) is 18.3. The van der Waals surface area contributed by atoms with Crippen molar-refractivity contribution in [3.05, 3.63) is 23.2 Å². The Bertz CT molecular complexity index is 520. The Morgan fingerprint density at radius 1 is 1.36 bits per heavy atom. The van der Waals surface area contributed by atoms with Gasteiger partial charge >= 0.3 is 0 Å². The molecule has 0 bridgehead atoms. The molecule has 122 valence electrons. The summed E-state index contributed by atoms with van der Waals surface area (Å²) in [6, 6.07) is 5.12. The van der Waals surface area contributed by atoms with Gasteiger partial charge in [-0.2, -0.15) is 0 Å². The minimum absolute atomic E-state index is 0.0562. The molecule has 0 unspecified atom stereocenters. The zero-order valence-corrected chi connectivity index (χ0v) is 14.1. The second-order valence-corrected chi connectivity index (χ2v) is 5.35. The molecule has 5 nitrogen and oxygen atoms in total. The van der Waals surface area contributed by atoms with E-state index in [1.807, 2.05) is 0 Å². The molecule has 6 heteroatoms. The standard InChI is InChI=1S/C16H23ClN2O3/c1-4-5-9-18-16(21)8-10-19(12(2)20)13-6-7-15(22-3)14(17)11-13/h6-7,11H,4-5,8-10H2,1-3H3,(H,18,21). The van der Waals surface area contributed by atoms with Crippen LogP contribution in [0.3, 0.4) is 0 Å². The van der Waals surface area contributed by atoms with E-state index in [0.717, 1.165) is 12.8 Å². The van der Waals surface area contributed by atoms with Gasteiger partial charge in [0.05, 0.1) is 12.1 Å². The van der Waals surface area contributed by atoms with Gasteiger partial charge in [-0.1, -0.05) is 24.9 Å². The summed E-state index contributed by atoms with van der Waals surface area (Å²) in [5.41, 5.74) is 0.652. The van der Waals surface area contributed by atoms with Gasteiger partial charge < -0.3 is 15.0 Å². The summed E-state index contributed by atoms with van der Waals surface area (Å²) in [7, 11) is 1.53. The zero-order chi connectivity index (χ0) is 16.5. The van der Waals surface area contributed by atoms with Gasteiger partial charge in [-0.15, -0.1) is 0 Å². The first-order chi connectivity index (χ1) is 10.5. The van der Waals surface area contributed by atoms with Crippen molar-refractivity contribution in [1.29, 1.82) is 0 Å². The predicted octanol–water partition coefficient (Wildman–Crippen LogP) is 3.01. The van der Waals surface area contributed by atoms with Crippen molar-refractivity contribution in [2.75, 3.05) is 25.1 Å². The van der Waals surface area contributed by atoms with Gasteiger partial charge in [0.15, 0.2) is 0 Å². The lowest BCUT2D eigenvalue weighted by atomic mass is 10.2. The van der Waals surface area contributed by atoms with Crippen LogP contribution in [0.2, 0.25) is 5.02 Å². The lowest BCUT2D eigenvalue weighted by Gasteiger charge is -2.21. The van der Waals surface area contributed by atoms with Crippen LogP contribution in [0.15, 0.2) is 18.2 Å². The van der Waals surface area contributed by atoms with E-state index < -0.39 is 0 Å². The van der Waals surface area contributed by atoms with Gasteiger partial charge in [0.2, 0.25) is 11.8 Å². The van der Waals surface area contributed by atoms with Crippen LogP contribution >= 0.6 is 11.6 Å². The largest absolute Gasteiger partial charge is 0.495 e. The van der Waals surface area contributed by atoms with E-state index in [4.69, 9.17) is 16.3 Å². The third-order valence-corrected chi connectivity index (χ3v) is 3.54. The summed E-state index contributed by atoms with van der Waals surface area (Å²) < 4.78 is 5.09. The molecule has 0 saturated heterocycles. The highest BCUT2D eigenvalue weighted by Gasteiger charge is 2.15. The van der Waals surface area contributed by atoms with Gasteiger partial charge in [-0.3, -0.25) is 9.59 Å². The minimum atomic E-state index is -0.136. The topological polar surface area (TPSA) is 58.6 Å². The van der Waals surface area contributed by atoms with Gasteiger partial charge in [-0.05, 0) is 24.6 Å². The molecule has 22 heavy (non-hydrogen) atoms. The first-order valence-electron chi connectivity index (χ1n) is 7.38. The molecule has 0 aliphatic rings. The summed E-state index contributed by atoms with van der Waals surface area (Å²) in [6.45, 7) is 4.52. The maximum absolute atomic E-state index is 11.8. The number of halogens is 1. The highest BCUT2D eigenvalue weighted by atomic mass is 35.5. The van der Waals surface area contributed by atoms with Crippen LogP contribution in [0.1, 0.15) is 33.1 Å². The Labute approximate surface area is 136 Å². The molecule has 1 aromatic carbocycles. The number of unbranched alkanes of at least 4 members (excludes halogenated alkanes) is 1. The number of ether oxygens (including phenoxy) is 1. The van der Waals surface area contributed by atoms with Crippen LogP contribution in [0.25, 0.3) is 0 Å². The zero-order valence-electron chi connectivity index (χ0n) is 13.3. The normalized spacial score (nSPS) is 10.2. The number of hydrogen-bond acceptors (Lipinski definition) is 3. The van der Waals surface area contributed by atoms with E-state index in [0.29, 0.717) is 29.5 Å². The second kappa shape index (κ2) is 9.30. The Kier molecular flexibility index (Phi) is 7.74. The van der Waals surface area contributed by atoms with Crippen LogP contribution in [0.5, 0.6) is 5.75 Å². The third kappa shape index (κ3) is 5.56. The van der Waals surface area contributed by atoms with Gasteiger partial charge in [0.1, 0.15) is 5.75 Å². The highest BCUT2D eigenvalue weighted by Crippen LogP contribution is 2.29. The van der Waals surface area contributed by atoms with E-state index in [2.05, 4.69) is 12.2 Å². The Morgan fingerprint density at radius 3 is 2.64 bits per heavy atom. The molecule has 1 aromatic rings. The molecule has 2 amide bonds. The van der Waals surface area contributed by atoms with E-state index in [9.17, 15) is 9.59 Å². The molecule has 0 heterocycles. The fraction of sp³-hybridized carbons (Fsp3) is 0.500. The van der Waals surface area contributed by atoms with Crippen LogP contribution in [-0.2, 0) is 9.59 Å². The number of hydrogen-bond donors (Lipinski definition) is 1. The van der Waals surface area contributed by atoms with Gasteiger partial charge in [-0.25, -0.2) is 0 Å². The van der Waals surface area contributed by atoms with E-state index in [1.54, 1.807) is 18.2 Å². The minimum Gasteiger partial charge on any atom is -0.495 e. The number of nitrogens with zero attached hydrogens (tertiary/aromatic N) is 1. The van der Waals surface area contributed by atoms with Crippen molar-refractivity contribution in [3.63, 3.8) is 0 Å². The number of benzene rings is 1. The summed E-state index contributed by atoms with van der Waals surface area (Å²) in [5, 5.41) is 3.27. The number of rotatable bonds is 8. The van der Waals surface area contributed by atoms with Crippen molar-refractivity contribution >= 4 is 29.1 Å². The summed E-state index contributed by atoms with van der Waals surface area (Å²) in [6.07, 6.45) is 2.24. The van der Waals surface area contributed by atoms with Crippen LogP contribution in [0.4, 0.5) is 5.69 Å². The van der Waals surface area contributed by atoms with E-state index in [-0.39, 0.29) is 18.2 Å². The molecule has 0 aliphatic heterocycles. The SMILES string of the molecule is CCCCNC(=O)CCN(C(C)=O)c1ccc(OC)c(Cl)c1. The van der Waals surface area contributed by atoms with Crippen LogP contribution < -0.4 is 15.0 Å². The molecule has 0 saturated carbocycles. The van der Waals surface area contributed by atoms with Gasteiger partial charge in [0, 0.05) is 32.1 Å². The fourth-order valence-electron chi connectivity index (χ4n) is 2.00. The summed E-state index contributed by atoms with van der Waals surface area (Å²) in [4.78, 5) is 25.1. The average molecular weight is 327 g/mol. The van der Waals surface area contributed by atoms with Crippen molar-refractivity contribution in [3.8, 4) is 5.75 Å². The molecule has 1 rings (SSSR count). The fourth-order valence-corrected chi connectivity index (χ4v) is 2.25. The first-order valence-corrected chi connectivity index (χ1v) is 7.75. The average Bonchev–Trinajstić information content (AvgIpc) is 2.47. The summed E-state index contributed by atoms with van der Waals surface area (Å²) >= 11 is 6.08. The van der Waals surface area contributed by atoms with Crippen molar-refractivity contribution in [2.24, 2.45) is 0 Å². The number of methoxy groups -OCH3 is 1. The lowest BCUT2D eigenvalue weighted by Crippen LogP contribution is -2.34. The molecule has 0 atom stereocenters. The van der Waals surface area contributed by atoms with E-state index >= 15 is 0 Å². The molecular weight excluding hydrogens is 304 g/mol. The predicted molar refractivity (Wildman–Crippen MR) is 88.6 cm³/mol. The Balaban J connectivity index is 2.68. The van der Waals surface area contributed by atoms with Crippen molar-refractivity contribution in [2.45, 2.75) is 33.1 Å². The molecule has 0 aromatic heterocycles. The van der Waals surface area contributed by atoms with Crippen molar-refractivity contribution < 1.29 is 14.3 Å². The molecule has 0 radical (unpaired) electrons. The molecular formula is C16H23ClN2O3. The van der Waals surface area contributed by atoms with Crippen LogP contribution in [0, 0.1) is 0 Å². The molecule has 0 fully saturated rings. The van der Waals surface area contributed by atoms with Gasteiger partial charge in [0.25, 0.3) is 0 Å². The Hall–Kier alpha value is -1.75. The third-order valence-electron chi connectivity index (χ3n) is 3.24. The highest BCUT2D eigenvalue weighted by molar-refractivity contribution is 6.32. The summed E-state index contributed by atoms with van der Waals surface area (Å²) in [5.74, 6) is 0.355. The molecule has 0 aliphatic carbocycles. The van der Waals surface area contributed by atoms with E-state index in [1.165, 1.54) is 18.9 Å². The number of amides is 2. The maximum Gasteiger partial charge on any atom is 0.223 e. The number of carbonyl (C=O) groups excluding carboxylic acids is 2. The number of nitrogens with one attached hydrogen (secondary N) is 1. The number of carbonyl (C=O) groups is 2. The lowest BCUT2D eigenvalue weighted by molar-refractivity contribution is -0.121. The van der Waals surface area contributed by atoms with Crippen molar-refractivity contribution in [1.82, 2.24) is 5.32 Å². The quantitative estimate of drug-likeness (QED) is 0.747. The Morgan fingerprint density at radius 2 is 2.09 bits per heavy atom. The maximum atomic E-state index is 11.8. The monoisotopic (exact) mass is 326 g/mol.